The normalized spacial score (nSPS) is 11.1. The molecule has 0 bridgehead atoms. The second kappa shape index (κ2) is 6.00. The zero-order valence-corrected chi connectivity index (χ0v) is 12.3. The maximum atomic E-state index is 12.5. The molecule has 21 heavy (non-hydrogen) atoms. The van der Waals surface area contributed by atoms with Gasteiger partial charge in [-0.25, -0.2) is 4.79 Å². The van der Waals surface area contributed by atoms with Gasteiger partial charge in [0.1, 0.15) is 0 Å². The minimum absolute atomic E-state index is 0.0384. The predicted octanol–water partition coefficient (Wildman–Crippen LogP) is 4.54. The third kappa shape index (κ3) is 2.51. The Balaban J connectivity index is 2.01. The van der Waals surface area contributed by atoms with E-state index in [0.717, 1.165) is 47.6 Å². The summed E-state index contributed by atoms with van der Waals surface area (Å²) in [4.78, 5) is 12.5. The van der Waals surface area contributed by atoms with Crippen LogP contribution in [0.1, 0.15) is 26.2 Å². The van der Waals surface area contributed by atoms with Gasteiger partial charge in [-0.2, -0.15) is 0 Å². The van der Waals surface area contributed by atoms with E-state index in [2.05, 4.69) is 24.4 Å². The van der Waals surface area contributed by atoms with Gasteiger partial charge < -0.3 is 5.32 Å². The first-order valence-corrected chi connectivity index (χ1v) is 7.59. The molecule has 108 valence electrons. The number of fused-ring (bicyclic) bond motifs is 3. The van der Waals surface area contributed by atoms with Crippen LogP contribution in [0.4, 0.5) is 4.79 Å². The Hall–Kier alpha value is -2.29. The maximum absolute atomic E-state index is 12.5. The summed E-state index contributed by atoms with van der Waals surface area (Å²) in [6.45, 7) is 2.89. The standard InChI is InChI=1S/C18H20N2O/c1-2-3-8-13-19-18(21)20-16-11-6-4-9-14(16)15-10-5-7-12-17(15)20/h4-7,9-12H,2-3,8,13H2,1H3,(H,19,21). The summed E-state index contributed by atoms with van der Waals surface area (Å²) < 4.78 is 1.79. The number of para-hydroxylation sites is 2. The summed E-state index contributed by atoms with van der Waals surface area (Å²) >= 11 is 0. The Morgan fingerprint density at radius 2 is 1.52 bits per heavy atom. The Bertz CT molecular complexity index is 720. The Labute approximate surface area is 124 Å². The molecule has 0 spiro atoms. The van der Waals surface area contributed by atoms with Gasteiger partial charge >= 0.3 is 6.03 Å². The minimum Gasteiger partial charge on any atom is -0.337 e. The van der Waals surface area contributed by atoms with Gasteiger partial charge in [0.2, 0.25) is 0 Å². The van der Waals surface area contributed by atoms with E-state index in [9.17, 15) is 4.79 Å². The molecular weight excluding hydrogens is 260 g/mol. The minimum atomic E-state index is -0.0384. The van der Waals surface area contributed by atoms with Gasteiger partial charge in [0.05, 0.1) is 11.0 Å². The van der Waals surface area contributed by atoms with E-state index >= 15 is 0 Å². The topological polar surface area (TPSA) is 34.0 Å². The second-order valence-electron chi connectivity index (χ2n) is 5.31. The van der Waals surface area contributed by atoms with Gasteiger partial charge in [-0.05, 0) is 18.6 Å². The third-order valence-corrected chi connectivity index (χ3v) is 3.84. The molecule has 3 heteroatoms. The fraction of sp³-hybridized carbons (Fsp3) is 0.278. The highest BCUT2D eigenvalue weighted by Gasteiger charge is 2.14. The van der Waals surface area contributed by atoms with Crippen molar-refractivity contribution in [2.24, 2.45) is 0 Å². The number of aromatic nitrogens is 1. The first-order valence-electron chi connectivity index (χ1n) is 7.59. The van der Waals surface area contributed by atoms with Crippen molar-refractivity contribution in [1.82, 2.24) is 9.88 Å². The Morgan fingerprint density at radius 3 is 2.10 bits per heavy atom. The molecule has 1 amide bonds. The van der Waals surface area contributed by atoms with Crippen molar-refractivity contribution in [3.05, 3.63) is 48.5 Å². The van der Waals surface area contributed by atoms with Crippen LogP contribution in [-0.4, -0.2) is 17.1 Å². The van der Waals surface area contributed by atoms with Crippen molar-refractivity contribution in [2.45, 2.75) is 26.2 Å². The molecular formula is C18H20N2O. The van der Waals surface area contributed by atoms with Crippen LogP contribution in [-0.2, 0) is 0 Å². The van der Waals surface area contributed by atoms with Crippen LogP contribution in [0.5, 0.6) is 0 Å². The molecule has 3 nitrogen and oxygen atoms in total. The van der Waals surface area contributed by atoms with Crippen LogP contribution in [0.15, 0.2) is 48.5 Å². The van der Waals surface area contributed by atoms with Gasteiger partial charge in [0.25, 0.3) is 0 Å². The average molecular weight is 280 g/mol. The fourth-order valence-electron chi connectivity index (χ4n) is 2.79. The smallest absolute Gasteiger partial charge is 0.326 e. The zero-order valence-electron chi connectivity index (χ0n) is 12.3. The SMILES string of the molecule is CCCCCNC(=O)n1c2ccccc2c2ccccc21. The molecule has 0 aliphatic carbocycles. The van der Waals surface area contributed by atoms with Gasteiger partial charge in [0, 0.05) is 17.3 Å². The maximum Gasteiger partial charge on any atom is 0.326 e. The molecule has 1 heterocycles. The molecule has 0 aliphatic rings. The van der Waals surface area contributed by atoms with E-state index in [1.807, 2.05) is 36.4 Å². The van der Waals surface area contributed by atoms with Crippen molar-refractivity contribution in [3.63, 3.8) is 0 Å². The summed E-state index contributed by atoms with van der Waals surface area (Å²) in [5.41, 5.74) is 1.93. The van der Waals surface area contributed by atoms with E-state index in [4.69, 9.17) is 0 Å². The first kappa shape index (κ1) is 13.7. The Kier molecular flexibility index (Phi) is 3.91. The second-order valence-corrected chi connectivity index (χ2v) is 5.31. The summed E-state index contributed by atoms with van der Waals surface area (Å²) in [7, 11) is 0. The van der Waals surface area contributed by atoms with Crippen LogP contribution < -0.4 is 5.32 Å². The molecule has 0 radical (unpaired) electrons. The average Bonchev–Trinajstić information content (AvgIpc) is 2.86. The Morgan fingerprint density at radius 1 is 0.952 bits per heavy atom. The first-order chi connectivity index (χ1) is 10.3. The number of hydrogen-bond acceptors (Lipinski definition) is 1. The van der Waals surface area contributed by atoms with Crippen LogP contribution >= 0.6 is 0 Å². The molecule has 1 N–H and O–H groups in total. The van der Waals surface area contributed by atoms with Crippen molar-refractivity contribution in [1.29, 1.82) is 0 Å². The van der Waals surface area contributed by atoms with Gasteiger partial charge in [-0.15, -0.1) is 0 Å². The lowest BCUT2D eigenvalue weighted by atomic mass is 10.2. The quantitative estimate of drug-likeness (QED) is 0.699. The zero-order chi connectivity index (χ0) is 14.7. The summed E-state index contributed by atoms with van der Waals surface area (Å²) in [6.07, 6.45) is 3.33. The summed E-state index contributed by atoms with van der Waals surface area (Å²) in [6, 6.07) is 16.1. The number of rotatable bonds is 4. The van der Waals surface area contributed by atoms with Crippen molar-refractivity contribution in [2.75, 3.05) is 6.54 Å². The van der Waals surface area contributed by atoms with Gasteiger partial charge in [-0.3, -0.25) is 4.57 Å². The molecule has 3 rings (SSSR count). The van der Waals surface area contributed by atoms with Crippen molar-refractivity contribution >= 4 is 27.8 Å². The summed E-state index contributed by atoms with van der Waals surface area (Å²) in [5.74, 6) is 0. The van der Waals surface area contributed by atoms with E-state index in [0.29, 0.717) is 0 Å². The number of carbonyl (C=O) groups excluding carboxylic acids is 1. The van der Waals surface area contributed by atoms with E-state index < -0.39 is 0 Å². The number of amides is 1. The molecule has 1 aromatic heterocycles. The molecule has 0 fully saturated rings. The third-order valence-electron chi connectivity index (χ3n) is 3.84. The van der Waals surface area contributed by atoms with Gasteiger partial charge in [-0.1, -0.05) is 56.2 Å². The monoisotopic (exact) mass is 280 g/mol. The molecule has 0 aliphatic heterocycles. The van der Waals surface area contributed by atoms with Crippen LogP contribution in [0.25, 0.3) is 21.8 Å². The number of benzene rings is 2. The molecule has 0 unspecified atom stereocenters. The largest absolute Gasteiger partial charge is 0.337 e. The fourth-order valence-corrected chi connectivity index (χ4v) is 2.79. The highest BCUT2D eigenvalue weighted by Crippen LogP contribution is 2.28. The highest BCUT2D eigenvalue weighted by molar-refractivity contribution is 6.12. The van der Waals surface area contributed by atoms with E-state index in [-0.39, 0.29) is 6.03 Å². The number of unbranched alkanes of at least 4 members (excludes halogenated alkanes) is 2. The van der Waals surface area contributed by atoms with Crippen LogP contribution in [0.3, 0.4) is 0 Å². The number of nitrogens with one attached hydrogen (secondary N) is 1. The van der Waals surface area contributed by atoms with Crippen LogP contribution in [0.2, 0.25) is 0 Å². The van der Waals surface area contributed by atoms with Crippen LogP contribution in [0, 0.1) is 0 Å². The van der Waals surface area contributed by atoms with Gasteiger partial charge in [0.15, 0.2) is 0 Å². The number of carbonyl (C=O) groups is 1. The number of hydrogen-bond donors (Lipinski definition) is 1. The lowest BCUT2D eigenvalue weighted by Gasteiger charge is -2.08. The lowest BCUT2D eigenvalue weighted by Crippen LogP contribution is -2.29. The van der Waals surface area contributed by atoms with Crippen molar-refractivity contribution < 1.29 is 4.79 Å². The van der Waals surface area contributed by atoms with E-state index in [1.165, 1.54) is 0 Å². The molecule has 0 atom stereocenters. The van der Waals surface area contributed by atoms with Crippen molar-refractivity contribution in [3.8, 4) is 0 Å². The highest BCUT2D eigenvalue weighted by atomic mass is 16.2. The molecule has 0 saturated heterocycles. The molecule has 3 aromatic rings. The molecule has 0 saturated carbocycles. The lowest BCUT2D eigenvalue weighted by molar-refractivity contribution is 0.244. The molecule has 2 aromatic carbocycles. The van der Waals surface area contributed by atoms with E-state index in [1.54, 1.807) is 4.57 Å². The predicted molar refractivity (Wildman–Crippen MR) is 87.8 cm³/mol. The number of nitrogens with zero attached hydrogens (tertiary/aromatic N) is 1. The summed E-state index contributed by atoms with van der Waals surface area (Å²) in [5, 5.41) is 5.27.